The van der Waals surface area contributed by atoms with Crippen LogP contribution in [0.25, 0.3) is 11.8 Å². The average Bonchev–Trinajstić information content (AvgIpc) is 2.05. The van der Waals surface area contributed by atoms with Crippen LogP contribution in [0.3, 0.4) is 0 Å². The highest BCUT2D eigenvalue weighted by atomic mass is 16.3. The standard InChI is InChI=1S/C10H10O/c1-3-9-4-6-10(7-5-9)8(2)11/h3-7,11H,1-2H2. The van der Waals surface area contributed by atoms with E-state index in [-0.39, 0.29) is 5.76 Å². The lowest BCUT2D eigenvalue weighted by molar-refractivity contribution is 0.514. The number of hydrogen-bond acceptors (Lipinski definition) is 1. The molecule has 1 nitrogen and oxygen atoms in total. The van der Waals surface area contributed by atoms with E-state index < -0.39 is 0 Å². The quantitative estimate of drug-likeness (QED) is 0.636. The third-order valence-corrected chi connectivity index (χ3v) is 1.48. The van der Waals surface area contributed by atoms with Crippen molar-refractivity contribution >= 4 is 11.8 Å². The van der Waals surface area contributed by atoms with Crippen LogP contribution in [0, 0.1) is 0 Å². The molecule has 0 saturated carbocycles. The van der Waals surface area contributed by atoms with E-state index in [9.17, 15) is 0 Å². The van der Waals surface area contributed by atoms with Crippen molar-refractivity contribution in [2.75, 3.05) is 0 Å². The second-order valence-corrected chi connectivity index (χ2v) is 2.27. The van der Waals surface area contributed by atoms with Crippen molar-refractivity contribution in [3.63, 3.8) is 0 Å². The molecule has 0 saturated heterocycles. The maximum atomic E-state index is 8.97. The van der Waals surface area contributed by atoms with Gasteiger partial charge in [0.15, 0.2) is 0 Å². The third kappa shape index (κ3) is 1.71. The molecule has 0 aliphatic carbocycles. The zero-order valence-corrected chi connectivity index (χ0v) is 6.25. The topological polar surface area (TPSA) is 20.2 Å². The van der Waals surface area contributed by atoms with Gasteiger partial charge in [-0.15, -0.1) is 0 Å². The molecule has 0 aromatic heterocycles. The Kier molecular flexibility index (Phi) is 2.12. The van der Waals surface area contributed by atoms with Gasteiger partial charge in [0.1, 0.15) is 5.76 Å². The number of aliphatic hydroxyl groups excluding tert-OH is 1. The smallest absolute Gasteiger partial charge is 0.115 e. The average molecular weight is 146 g/mol. The number of aliphatic hydroxyl groups is 1. The van der Waals surface area contributed by atoms with E-state index in [1.165, 1.54) is 0 Å². The minimum atomic E-state index is 0.0978. The molecule has 0 atom stereocenters. The van der Waals surface area contributed by atoms with Crippen LogP contribution < -0.4 is 0 Å². The predicted molar refractivity (Wildman–Crippen MR) is 48.2 cm³/mol. The lowest BCUT2D eigenvalue weighted by Gasteiger charge is -1.97. The summed E-state index contributed by atoms with van der Waals surface area (Å²) in [5, 5.41) is 8.97. The summed E-state index contributed by atoms with van der Waals surface area (Å²) in [6.45, 7) is 7.03. The molecular formula is C10H10O. The molecule has 11 heavy (non-hydrogen) atoms. The van der Waals surface area contributed by atoms with Crippen LogP contribution in [0.5, 0.6) is 0 Å². The Morgan fingerprint density at radius 1 is 1.27 bits per heavy atom. The highest BCUT2D eigenvalue weighted by Gasteiger charge is 1.92. The van der Waals surface area contributed by atoms with Gasteiger partial charge in [-0.25, -0.2) is 0 Å². The Morgan fingerprint density at radius 2 is 1.82 bits per heavy atom. The summed E-state index contributed by atoms with van der Waals surface area (Å²) >= 11 is 0. The van der Waals surface area contributed by atoms with Crippen LogP contribution in [-0.4, -0.2) is 5.11 Å². The summed E-state index contributed by atoms with van der Waals surface area (Å²) in [5.41, 5.74) is 1.78. The molecule has 0 aliphatic rings. The molecule has 1 aromatic carbocycles. The van der Waals surface area contributed by atoms with E-state index in [0.29, 0.717) is 0 Å². The fourth-order valence-corrected chi connectivity index (χ4v) is 0.812. The monoisotopic (exact) mass is 146 g/mol. The SMILES string of the molecule is C=Cc1ccc(C(=C)O)cc1. The highest BCUT2D eigenvalue weighted by molar-refractivity contribution is 5.58. The maximum Gasteiger partial charge on any atom is 0.115 e. The Labute approximate surface area is 66.3 Å². The first-order valence-electron chi connectivity index (χ1n) is 3.35. The van der Waals surface area contributed by atoms with Crippen molar-refractivity contribution < 1.29 is 5.11 Å². The molecule has 0 unspecified atom stereocenters. The molecule has 1 N–H and O–H groups in total. The number of hydrogen-bond donors (Lipinski definition) is 1. The van der Waals surface area contributed by atoms with E-state index in [4.69, 9.17) is 5.11 Å². The fourth-order valence-electron chi connectivity index (χ4n) is 0.812. The summed E-state index contributed by atoms with van der Waals surface area (Å²) in [7, 11) is 0. The first-order valence-corrected chi connectivity index (χ1v) is 3.35. The Hall–Kier alpha value is -1.50. The van der Waals surface area contributed by atoms with Gasteiger partial charge in [0.2, 0.25) is 0 Å². The normalized spacial score (nSPS) is 9.09. The van der Waals surface area contributed by atoms with Crippen molar-refractivity contribution in [3.8, 4) is 0 Å². The number of benzene rings is 1. The van der Waals surface area contributed by atoms with Gasteiger partial charge in [-0.1, -0.05) is 43.5 Å². The molecular weight excluding hydrogens is 136 g/mol. The molecule has 0 heterocycles. The van der Waals surface area contributed by atoms with Crippen molar-refractivity contribution in [1.82, 2.24) is 0 Å². The van der Waals surface area contributed by atoms with Gasteiger partial charge in [0.05, 0.1) is 0 Å². The van der Waals surface area contributed by atoms with Crippen LogP contribution in [0.2, 0.25) is 0 Å². The molecule has 0 radical (unpaired) electrons. The molecule has 1 rings (SSSR count). The van der Waals surface area contributed by atoms with Crippen molar-refractivity contribution in [2.45, 2.75) is 0 Å². The summed E-state index contributed by atoms with van der Waals surface area (Å²) in [6, 6.07) is 7.37. The van der Waals surface area contributed by atoms with Gasteiger partial charge in [-0.3, -0.25) is 0 Å². The van der Waals surface area contributed by atoms with Crippen molar-refractivity contribution in [3.05, 3.63) is 48.6 Å². The summed E-state index contributed by atoms with van der Waals surface area (Å²) in [4.78, 5) is 0. The zero-order valence-electron chi connectivity index (χ0n) is 6.25. The second-order valence-electron chi connectivity index (χ2n) is 2.27. The third-order valence-electron chi connectivity index (χ3n) is 1.48. The molecule has 0 fully saturated rings. The van der Waals surface area contributed by atoms with Crippen LogP contribution >= 0.6 is 0 Å². The van der Waals surface area contributed by atoms with Gasteiger partial charge >= 0.3 is 0 Å². The Balaban J connectivity index is 3.00. The second kappa shape index (κ2) is 3.06. The fraction of sp³-hybridized carbons (Fsp3) is 0. The van der Waals surface area contributed by atoms with Gasteiger partial charge < -0.3 is 5.11 Å². The van der Waals surface area contributed by atoms with Gasteiger partial charge in [-0.05, 0) is 5.56 Å². The van der Waals surface area contributed by atoms with Crippen molar-refractivity contribution in [1.29, 1.82) is 0 Å². The zero-order chi connectivity index (χ0) is 8.27. The Morgan fingerprint density at radius 3 is 2.18 bits per heavy atom. The molecule has 0 aliphatic heterocycles. The van der Waals surface area contributed by atoms with Crippen molar-refractivity contribution in [2.24, 2.45) is 0 Å². The van der Waals surface area contributed by atoms with E-state index >= 15 is 0 Å². The highest BCUT2D eigenvalue weighted by Crippen LogP contribution is 2.10. The van der Waals surface area contributed by atoms with E-state index in [2.05, 4.69) is 13.2 Å². The molecule has 0 bridgehead atoms. The largest absolute Gasteiger partial charge is 0.508 e. The minimum Gasteiger partial charge on any atom is -0.508 e. The summed E-state index contributed by atoms with van der Waals surface area (Å²) in [5.74, 6) is 0.0978. The van der Waals surface area contributed by atoms with Crippen LogP contribution in [0.15, 0.2) is 37.4 Å². The van der Waals surface area contributed by atoms with E-state index in [1.807, 2.05) is 12.1 Å². The lowest BCUT2D eigenvalue weighted by Crippen LogP contribution is -1.79. The lowest BCUT2D eigenvalue weighted by atomic mass is 10.1. The maximum absolute atomic E-state index is 8.97. The minimum absolute atomic E-state index is 0.0978. The first kappa shape index (κ1) is 7.61. The molecule has 0 spiro atoms. The van der Waals surface area contributed by atoms with Gasteiger partial charge in [0.25, 0.3) is 0 Å². The first-order chi connectivity index (χ1) is 5.24. The Bertz CT molecular complexity index is 269. The van der Waals surface area contributed by atoms with E-state index in [1.54, 1.807) is 18.2 Å². The number of rotatable bonds is 2. The molecule has 56 valence electrons. The molecule has 1 heteroatoms. The van der Waals surface area contributed by atoms with Crippen LogP contribution in [-0.2, 0) is 0 Å². The van der Waals surface area contributed by atoms with Gasteiger partial charge in [0, 0.05) is 5.56 Å². The van der Waals surface area contributed by atoms with E-state index in [0.717, 1.165) is 11.1 Å². The molecule has 0 amide bonds. The molecule has 1 aromatic rings. The van der Waals surface area contributed by atoms with Gasteiger partial charge in [-0.2, -0.15) is 0 Å². The summed E-state index contributed by atoms with van der Waals surface area (Å²) < 4.78 is 0. The van der Waals surface area contributed by atoms with Crippen LogP contribution in [0.1, 0.15) is 11.1 Å². The predicted octanol–water partition coefficient (Wildman–Crippen LogP) is 2.86. The van der Waals surface area contributed by atoms with Crippen LogP contribution in [0.4, 0.5) is 0 Å². The summed E-state index contributed by atoms with van der Waals surface area (Å²) in [6.07, 6.45) is 1.75.